The van der Waals surface area contributed by atoms with Gasteiger partial charge >= 0.3 is 0 Å². The molecule has 7 nitrogen and oxygen atoms in total. The standard InChI is InChI=1S/C24H24Cl3N3O4S2/c1-29(10-8-15-4-7-18(26)19(27)11-15)22(31)14-30-9-2-3-20(24(30)32)28-36(33,34)23-12-16-5-6-17(25)13-21(16)35-23/h4-7,11-13,20,28H,2-3,8-10,14H2,1H3. The first-order valence-electron chi connectivity index (χ1n) is 11.2. The predicted octanol–water partition coefficient (Wildman–Crippen LogP) is 4.83. The number of fused-ring (bicyclic) bond motifs is 1. The van der Waals surface area contributed by atoms with Crippen molar-refractivity contribution in [3.63, 3.8) is 0 Å². The Morgan fingerprint density at radius 3 is 2.67 bits per heavy atom. The average Bonchev–Trinajstić information content (AvgIpc) is 3.26. The second kappa shape index (κ2) is 11.2. The number of likely N-dealkylation sites (N-methyl/N-ethyl adjacent to an activating group) is 1. The molecule has 2 aromatic carbocycles. The van der Waals surface area contributed by atoms with Gasteiger partial charge in [-0.3, -0.25) is 9.59 Å². The van der Waals surface area contributed by atoms with Crippen LogP contribution in [0.25, 0.3) is 10.1 Å². The molecule has 192 valence electrons. The van der Waals surface area contributed by atoms with Gasteiger partial charge in [0, 0.05) is 29.9 Å². The molecule has 0 radical (unpaired) electrons. The van der Waals surface area contributed by atoms with Gasteiger partial charge in [-0.2, -0.15) is 4.72 Å². The molecule has 0 spiro atoms. The number of nitrogens with one attached hydrogen (secondary N) is 1. The Kier molecular flexibility index (Phi) is 8.49. The van der Waals surface area contributed by atoms with Crippen molar-refractivity contribution in [2.24, 2.45) is 0 Å². The van der Waals surface area contributed by atoms with Crippen LogP contribution in [0.15, 0.2) is 46.7 Å². The lowest BCUT2D eigenvalue weighted by molar-refractivity contribution is -0.142. The zero-order chi connectivity index (χ0) is 26.0. The Morgan fingerprint density at radius 2 is 1.92 bits per heavy atom. The van der Waals surface area contributed by atoms with Crippen LogP contribution in [0.3, 0.4) is 0 Å². The van der Waals surface area contributed by atoms with Crippen molar-refractivity contribution in [2.45, 2.75) is 29.5 Å². The van der Waals surface area contributed by atoms with E-state index in [0.29, 0.717) is 47.4 Å². The zero-order valence-corrected chi connectivity index (χ0v) is 23.2. The Labute approximate surface area is 229 Å². The van der Waals surface area contributed by atoms with E-state index in [2.05, 4.69) is 4.72 Å². The summed E-state index contributed by atoms with van der Waals surface area (Å²) in [6.07, 6.45) is 1.53. The molecule has 0 bridgehead atoms. The van der Waals surface area contributed by atoms with Crippen LogP contribution in [-0.2, 0) is 26.0 Å². The van der Waals surface area contributed by atoms with Crippen molar-refractivity contribution in [1.82, 2.24) is 14.5 Å². The third kappa shape index (κ3) is 6.33. The lowest BCUT2D eigenvalue weighted by Gasteiger charge is -2.33. The van der Waals surface area contributed by atoms with E-state index >= 15 is 0 Å². The topological polar surface area (TPSA) is 86.8 Å². The molecule has 0 saturated carbocycles. The highest BCUT2D eigenvalue weighted by Gasteiger charge is 2.34. The molecule has 12 heteroatoms. The van der Waals surface area contributed by atoms with E-state index in [-0.39, 0.29) is 16.7 Å². The van der Waals surface area contributed by atoms with E-state index in [9.17, 15) is 18.0 Å². The molecule has 1 atom stereocenters. The van der Waals surface area contributed by atoms with Crippen molar-refractivity contribution < 1.29 is 18.0 Å². The summed E-state index contributed by atoms with van der Waals surface area (Å²) >= 11 is 19.1. The first-order chi connectivity index (χ1) is 17.0. The van der Waals surface area contributed by atoms with Crippen molar-refractivity contribution >= 4 is 78.1 Å². The molecule has 4 rings (SSSR count). The van der Waals surface area contributed by atoms with Gasteiger partial charge in [-0.15, -0.1) is 11.3 Å². The lowest BCUT2D eigenvalue weighted by atomic mass is 10.1. The van der Waals surface area contributed by atoms with Crippen molar-refractivity contribution in [2.75, 3.05) is 26.7 Å². The monoisotopic (exact) mass is 587 g/mol. The number of halogens is 3. The maximum Gasteiger partial charge on any atom is 0.250 e. The summed E-state index contributed by atoms with van der Waals surface area (Å²) in [6.45, 7) is 0.714. The normalized spacial score (nSPS) is 16.5. The van der Waals surface area contributed by atoms with Gasteiger partial charge in [0.15, 0.2) is 0 Å². The number of hydrogen-bond donors (Lipinski definition) is 1. The summed E-state index contributed by atoms with van der Waals surface area (Å²) in [4.78, 5) is 28.8. The van der Waals surface area contributed by atoms with Crippen LogP contribution in [0.4, 0.5) is 0 Å². The number of amides is 2. The van der Waals surface area contributed by atoms with Crippen LogP contribution in [0, 0.1) is 0 Å². The number of thiophene rings is 1. The number of carbonyl (C=O) groups is 2. The van der Waals surface area contributed by atoms with Crippen LogP contribution in [0.2, 0.25) is 15.1 Å². The lowest BCUT2D eigenvalue weighted by Crippen LogP contribution is -2.54. The first-order valence-corrected chi connectivity index (χ1v) is 14.6. The fourth-order valence-electron chi connectivity index (χ4n) is 3.97. The molecule has 2 amide bonds. The maximum absolute atomic E-state index is 13.0. The minimum Gasteiger partial charge on any atom is -0.344 e. The number of sulfonamides is 1. The number of rotatable bonds is 8. The van der Waals surface area contributed by atoms with E-state index in [0.717, 1.165) is 27.0 Å². The Morgan fingerprint density at radius 1 is 1.14 bits per heavy atom. The molecule has 1 fully saturated rings. The summed E-state index contributed by atoms with van der Waals surface area (Å²) in [5.74, 6) is -0.631. The molecular formula is C24H24Cl3N3O4S2. The number of nitrogens with zero attached hydrogens (tertiary/aromatic N) is 2. The fourth-order valence-corrected chi connectivity index (χ4v) is 7.20. The highest BCUT2D eigenvalue weighted by Crippen LogP contribution is 2.31. The van der Waals surface area contributed by atoms with Crippen molar-refractivity contribution in [1.29, 1.82) is 0 Å². The van der Waals surface area contributed by atoms with Gasteiger partial charge in [0.05, 0.1) is 16.6 Å². The fraction of sp³-hybridized carbons (Fsp3) is 0.333. The van der Waals surface area contributed by atoms with E-state index in [1.54, 1.807) is 48.3 Å². The van der Waals surface area contributed by atoms with E-state index in [1.165, 1.54) is 4.90 Å². The highest BCUT2D eigenvalue weighted by molar-refractivity contribution is 7.91. The van der Waals surface area contributed by atoms with Gasteiger partial charge < -0.3 is 9.80 Å². The van der Waals surface area contributed by atoms with Gasteiger partial charge in [0.1, 0.15) is 10.3 Å². The number of hydrogen-bond acceptors (Lipinski definition) is 5. The van der Waals surface area contributed by atoms with Gasteiger partial charge in [0.25, 0.3) is 10.0 Å². The molecule has 1 N–H and O–H groups in total. The second-order valence-electron chi connectivity index (χ2n) is 8.64. The van der Waals surface area contributed by atoms with Crippen molar-refractivity contribution in [3.05, 3.63) is 63.1 Å². The summed E-state index contributed by atoms with van der Waals surface area (Å²) in [5, 5.41) is 2.20. The number of carbonyl (C=O) groups excluding carboxylic acids is 2. The van der Waals surface area contributed by atoms with Crippen molar-refractivity contribution in [3.8, 4) is 0 Å². The zero-order valence-electron chi connectivity index (χ0n) is 19.3. The van der Waals surface area contributed by atoms with Gasteiger partial charge in [0.2, 0.25) is 11.8 Å². The summed E-state index contributed by atoms with van der Waals surface area (Å²) in [5.41, 5.74) is 0.941. The Balaban J connectivity index is 1.36. The van der Waals surface area contributed by atoms with Crippen LogP contribution in [0.5, 0.6) is 0 Å². The maximum atomic E-state index is 13.0. The average molecular weight is 589 g/mol. The first kappa shape index (κ1) is 27.2. The highest BCUT2D eigenvalue weighted by atomic mass is 35.5. The molecule has 0 aliphatic carbocycles. The quantitative estimate of drug-likeness (QED) is 0.408. The Bertz CT molecular complexity index is 1410. The number of likely N-dealkylation sites (tertiary alicyclic amines) is 1. The third-order valence-electron chi connectivity index (χ3n) is 6.02. The summed E-state index contributed by atoms with van der Waals surface area (Å²) < 4.78 is 29.4. The van der Waals surface area contributed by atoms with E-state index in [1.807, 2.05) is 6.07 Å². The molecule has 3 aromatic rings. The smallest absolute Gasteiger partial charge is 0.250 e. The number of benzene rings is 2. The number of piperidine rings is 1. The van der Waals surface area contributed by atoms with Gasteiger partial charge in [-0.05, 0) is 60.5 Å². The Hall–Kier alpha value is -1.88. The van der Waals surface area contributed by atoms with Crippen LogP contribution >= 0.6 is 46.1 Å². The SMILES string of the molecule is CN(CCc1ccc(Cl)c(Cl)c1)C(=O)CN1CCCC(NS(=O)(=O)c2cc3ccc(Cl)cc3s2)C1=O. The molecule has 1 unspecified atom stereocenters. The minimum atomic E-state index is -3.92. The summed E-state index contributed by atoms with van der Waals surface area (Å²) in [7, 11) is -2.25. The van der Waals surface area contributed by atoms with Crippen LogP contribution < -0.4 is 4.72 Å². The van der Waals surface area contributed by atoms with Crippen LogP contribution in [-0.4, -0.2) is 62.8 Å². The van der Waals surface area contributed by atoms with Gasteiger partial charge in [-0.25, -0.2) is 8.42 Å². The molecule has 1 aliphatic rings. The molecular weight excluding hydrogens is 565 g/mol. The molecule has 1 aromatic heterocycles. The second-order valence-corrected chi connectivity index (χ2v) is 12.9. The van der Waals surface area contributed by atoms with E-state index < -0.39 is 22.0 Å². The van der Waals surface area contributed by atoms with E-state index in [4.69, 9.17) is 34.8 Å². The largest absolute Gasteiger partial charge is 0.344 e. The summed E-state index contributed by atoms with van der Waals surface area (Å²) in [6, 6.07) is 11.1. The molecule has 36 heavy (non-hydrogen) atoms. The predicted molar refractivity (Wildman–Crippen MR) is 145 cm³/mol. The third-order valence-corrected chi connectivity index (χ3v) is 10.0. The van der Waals surface area contributed by atoms with Gasteiger partial charge in [-0.1, -0.05) is 46.9 Å². The minimum absolute atomic E-state index is 0.114. The molecule has 1 aliphatic heterocycles. The van der Waals surface area contributed by atoms with Crippen LogP contribution in [0.1, 0.15) is 18.4 Å². The molecule has 1 saturated heterocycles. The molecule has 2 heterocycles.